The van der Waals surface area contributed by atoms with Crippen molar-refractivity contribution in [1.82, 2.24) is 5.32 Å². The van der Waals surface area contributed by atoms with Crippen LogP contribution in [-0.2, 0) is 16.1 Å². The summed E-state index contributed by atoms with van der Waals surface area (Å²) in [5.74, 6) is 0.0332. The number of benzene rings is 1. The van der Waals surface area contributed by atoms with Gasteiger partial charge in [-0.25, -0.2) is 0 Å². The van der Waals surface area contributed by atoms with Gasteiger partial charge in [0.2, 0.25) is 5.91 Å². The molecule has 0 bridgehead atoms. The van der Waals surface area contributed by atoms with Gasteiger partial charge in [-0.3, -0.25) is 4.79 Å². The van der Waals surface area contributed by atoms with Crippen molar-refractivity contribution >= 4 is 11.6 Å². The van der Waals surface area contributed by atoms with Gasteiger partial charge in [0, 0.05) is 18.8 Å². The molecule has 0 fully saturated rings. The van der Waals surface area contributed by atoms with E-state index in [2.05, 4.69) is 24.5 Å². The zero-order chi connectivity index (χ0) is 14.1. The lowest BCUT2D eigenvalue weighted by atomic mass is 10.2. The molecular weight excluding hydrogens is 240 g/mol. The number of carbonyl (C=O) groups excluding carboxylic acids is 1. The second kappa shape index (κ2) is 8.53. The molecule has 0 saturated heterocycles. The molecule has 0 atom stereocenters. The number of anilines is 1. The van der Waals surface area contributed by atoms with Crippen molar-refractivity contribution in [1.29, 1.82) is 0 Å². The second-order valence-electron chi connectivity index (χ2n) is 4.57. The van der Waals surface area contributed by atoms with Gasteiger partial charge in [0.1, 0.15) is 0 Å². The van der Waals surface area contributed by atoms with Crippen molar-refractivity contribution in [3.63, 3.8) is 0 Å². The van der Waals surface area contributed by atoms with Crippen LogP contribution in [0.5, 0.6) is 0 Å². The van der Waals surface area contributed by atoms with Gasteiger partial charge >= 0.3 is 0 Å². The van der Waals surface area contributed by atoms with E-state index in [4.69, 9.17) is 4.74 Å². The molecule has 1 amide bonds. The van der Waals surface area contributed by atoms with E-state index >= 15 is 0 Å². The summed E-state index contributed by atoms with van der Waals surface area (Å²) in [6.07, 6.45) is 1.93. The molecule has 2 N–H and O–H groups in total. The molecule has 0 aliphatic heterocycles. The molecule has 4 nitrogen and oxygen atoms in total. The summed E-state index contributed by atoms with van der Waals surface area (Å²) in [5.41, 5.74) is 2.03. The molecule has 1 aromatic rings. The number of nitrogens with one attached hydrogen (secondary N) is 2. The van der Waals surface area contributed by atoms with Gasteiger partial charge in [-0.05, 0) is 30.5 Å². The normalized spacial score (nSPS) is 10.5. The van der Waals surface area contributed by atoms with Crippen LogP contribution in [0.4, 0.5) is 5.69 Å². The molecule has 0 aliphatic carbocycles. The fourth-order valence-corrected chi connectivity index (χ4v) is 1.89. The first-order valence-corrected chi connectivity index (χ1v) is 6.80. The summed E-state index contributed by atoms with van der Waals surface area (Å²) in [6.45, 7) is 5.04. The zero-order valence-corrected chi connectivity index (χ0v) is 12.0. The largest absolute Gasteiger partial charge is 0.380 e. The Morgan fingerprint density at radius 3 is 2.68 bits per heavy atom. The van der Waals surface area contributed by atoms with E-state index in [1.807, 2.05) is 24.3 Å². The maximum Gasteiger partial charge on any atom is 0.239 e. The minimum absolute atomic E-state index is 0.0332. The summed E-state index contributed by atoms with van der Waals surface area (Å²) in [7, 11) is 1.67. The van der Waals surface area contributed by atoms with Crippen molar-refractivity contribution in [3.05, 3.63) is 29.8 Å². The Bertz CT molecular complexity index is 389. The smallest absolute Gasteiger partial charge is 0.239 e. The van der Waals surface area contributed by atoms with E-state index in [1.54, 1.807) is 7.11 Å². The Morgan fingerprint density at radius 2 is 2.05 bits per heavy atom. The van der Waals surface area contributed by atoms with E-state index in [0.717, 1.165) is 24.1 Å². The Balaban J connectivity index is 2.43. The number of amides is 1. The molecular formula is C15H24N2O2. The van der Waals surface area contributed by atoms with E-state index in [1.165, 1.54) is 0 Å². The summed E-state index contributed by atoms with van der Waals surface area (Å²) in [5, 5.41) is 6.13. The van der Waals surface area contributed by atoms with E-state index in [-0.39, 0.29) is 11.9 Å². The number of ether oxygens (including phenoxy) is 1. The summed E-state index contributed by atoms with van der Waals surface area (Å²) in [6, 6.07) is 8.17. The van der Waals surface area contributed by atoms with Gasteiger partial charge in [0.05, 0.1) is 13.2 Å². The van der Waals surface area contributed by atoms with Gasteiger partial charge in [0.25, 0.3) is 0 Å². The Labute approximate surface area is 115 Å². The molecule has 0 spiro atoms. The van der Waals surface area contributed by atoms with E-state index in [9.17, 15) is 4.79 Å². The van der Waals surface area contributed by atoms with Crippen molar-refractivity contribution < 1.29 is 9.53 Å². The van der Waals surface area contributed by atoms with Crippen LogP contribution in [0.15, 0.2) is 24.3 Å². The minimum atomic E-state index is 0.0332. The number of rotatable bonds is 8. The van der Waals surface area contributed by atoms with Crippen LogP contribution in [0.3, 0.4) is 0 Å². The second-order valence-corrected chi connectivity index (χ2v) is 4.57. The highest BCUT2D eigenvalue weighted by atomic mass is 16.5. The molecule has 0 aliphatic rings. The van der Waals surface area contributed by atoms with Gasteiger partial charge in [0.15, 0.2) is 0 Å². The topological polar surface area (TPSA) is 50.4 Å². The number of carbonyl (C=O) groups is 1. The summed E-state index contributed by atoms with van der Waals surface area (Å²) >= 11 is 0. The third-order valence-corrected chi connectivity index (χ3v) is 3.04. The highest BCUT2D eigenvalue weighted by Gasteiger charge is 2.07. The lowest BCUT2D eigenvalue weighted by Crippen LogP contribution is -2.37. The quantitative estimate of drug-likeness (QED) is 0.758. The maximum atomic E-state index is 11.8. The summed E-state index contributed by atoms with van der Waals surface area (Å²) < 4.78 is 5.08. The summed E-state index contributed by atoms with van der Waals surface area (Å²) in [4.78, 5) is 11.8. The zero-order valence-electron chi connectivity index (χ0n) is 12.0. The third-order valence-electron chi connectivity index (χ3n) is 3.04. The monoisotopic (exact) mass is 264 g/mol. The molecule has 1 rings (SSSR count). The fourth-order valence-electron chi connectivity index (χ4n) is 1.89. The van der Waals surface area contributed by atoms with Gasteiger partial charge < -0.3 is 15.4 Å². The lowest BCUT2D eigenvalue weighted by Gasteiger charge is -2.15. The van der Waals surface area contributed by atoms with Crippen LogP contribution < -0.4 is 10.6 Å². The average molecular weight is 264 g/mol. The molecule has 19 heavy (non-hydrogen) atoms. The van der Waals surface area contributed by atoms with Crippen LogP contribution in [0.25, 0.3) is 0 Å². The van der Waals surface area contributed by atoms with Gasteiger partial charge in [-0.1, -0.05) is 26.0 Å². The average Bonchev–Trinajstić information content (AvgIpc) is 2.43. The van der Waals surface area contributed by atoms with Gasteiger partial charge in [-0.15, -0.1) is 0 Å². The Morgan fingerprint density at radius 1 is 1.32 bits per heavy atom. The molecule has 0 unspecified atom stereocenters. The predicted octanol–water partition coefficient (Wildman–Crippen LogP) is 2.55. The molecule has 4 heteroatoms. The van der Waals surface area contributed by atoms with Crippen LogP contribution >= 0.6 is 0 Å². The highest BCUT2D eigenvalue weighted by Crippen LogP contribution is 2.10. The molecule has 0 radical (unpaired) electrons. The van der Waals surface area contributed by atoms with Crippen LogP contribution in [0, 0.1) is 0 Å². The van der Waals surface area contributed by atoms with Crippen molar-refractivity contribution in [2.45, 2.75) is 39.3 Å². The molecule has 0 heterocycles. The maximum absolute atomic E-state index is 11.8. The van der Waals surface area contributed by atoms with Crippen molar-refractivity contribution in [3.8, 4) is 0 Å². The molecule has 0 aromatic heterocycles. The third kappa shape index (κ3) is 5.75. The fraction of sp³-hybridized carbons (Fsp3) is 0.533. The standard InChI is InChI=1S/C15H24N2O2/c1-4-13(5-2)17-15(18)10-16-14-8-6-7-12(9-14)11-19-3/h6-9,13,16H,4-5,10-11H2,1-3H3,(H,17,18). The highest BCUT2D eigenvalue weighted by molar-refractivity contribution is 5.80. The minimum Gasteiger partial charge on any atom is -0.380 e. The van der Waals surface area contributed by atoms with Crippen LogP contribution in [0.2, 0.25) is 0 Å². The molecule has 1 aromatic carbocycles. The number of hydrogen-bond acceptors (Lipinski definition) is 3. The first-order chi connectivity index (χ1) is 9.19. The first kappa shape index (κ1) is 15.5. The van der Waals surface area contributed by atoms with Crippen molar-refractivity contribution in [2.24, 2.45) is 0 Å². The predicted molar refractivity (Wildman–Crippen MR) is 78.2 cm³/mol. The number of hydrogen-bond donors (Lipinski definition) is 2. The van der Waals surface area contributed by atoms with E-state index in [0.29, 0.717) is 13.2 Å². The Hall–Kier alpha value is -1.55. The first-order valence-electron chi connectivity index (χ1n) is 6.80. The van der Waals surface area contributed by atoms with Crippen LogP contribution in [0.1, 0.15) is 32.3 Å². The van der Waals surface area contributed by atoms with Crippen molar-refractivity contribution in [2.75, 3.05) is 19.0 Å². The van der Waals surface area contributed by atoms with Crippen LogP contribution in [-0.4, -0.2) is 25.6 Å². The Kier molecular flexibility index (Phi) is 6.97. The van der Waals surface area contributed by atoms with Gasteiger partial charge in [-0.2, -0.15) is 0 Å². The molecule has 0 saturated carbocycles. The molecule has 106 valence electrons. The van der Waals surface area contributed by atoms with E-state index < -0.39 is 0 Å². The SMILES string of the molecule is CCC(CC)NC(=O)CNc1cccc(COC)c1. The lowest BCUT2D eigenvalue weighted by molar-refractivity contribution is -0.120. The number of methoxy groups -OCH3 is 1.